The minimum atomic E-state index is -1.27. The molecule has 0 aliphatic carbocycles. The molecule has 0 unspecified atom stereocenters. The third kappa shape index (κ3) is 21.0. The number of pyridine rings is 3. The summed E-state index contributed by atoms with van der Waals surface area (Å²) in [5.74, 6) is -1.90. The van der Waals surface area contributed by atoms with E-state index < -0.39 is 23.3 Å². The molecule has 418 valence electrons. The first-order chi connectivity index (χ1) is 37.2. The standard InChI is InChI=1S/C18H16ClFN4O2.C12H10ClFN2.C11H17BN2O2.C7H5BrClF.C6H10N2O3/c1-24-17(25)7-5-15(23-24)18(26)22-16-6-3-12(10-21-16)8-11-2-4-13(19)14(20)9-11;13-10-3-1-8(6-11(10)14)5-9-2-4-12(15)16-7-9;1-10(2)11(3,4)16-12(15-10)8-5-6-9(13)14-7-8;8-4-5-1-2-6(9)7(10)3-5;1-8-5(9)3-2-4(7)6(10)11/h2-4,6,9-10H,5,7-8H2,1H3,(H,21,22,26);1-4,6-7H,5H2,(H2,15,16);5-7H,1-4H3,(H2,13,14);1-3H,4H2;7H,2-3H2,1H3,(H,8,9)(H,10,11). The first-order valence-electron chi connectivity index (χ1n) is 24.0. The predicted molar refractivity (Wildman–Crippen MR) is 306 cm³/mol. The molecule has 5 heterocycles. The molecule has 1 fully saturated rings. The number of anilines is 3. The molecular weight excluding hydrogens is 1150 g/mol. The second-order valence-electron chi connectivity index (χ2n) is 18.4. The number of halogens is 7. The molecule has 0 bridgehead atoms. The van der Waals surface area contributed by atoms with Crippen LogP contribution in [0.3, 0.4) is 0 Å². The summed E-state index contributed by atoms with van der Waals surface area (Å²) in [6.45, 7) is 8.10. The van der Waals surface area contributed by atoms with Crippen LogP contribution in [0.4, 0.5) is 30.6 Å². The van der Waals surface area contributed by atoms with E-state index in [-0.39, 0.29) is 81.9 Å². The highest BCUT2D eigenvalue weighted by Crippen LogP contribution is 2.36. The fourth-order valence-corrected chi connectivity index (χ4v) is 7.27. The van der Waals surface area contributed by atoms with Gasteiger partial charge in [0.2, 0.25) is 11.8 Å². The fraction of sp³-hybridized carbons (Fsp3) is 0.278. The molecule has 6 aromatic rings. The molecule has 3 aromatic heterocycles. The van der Waals surface area contributed by atoms with E-state index in [0.29, 0.717) is 42.0 Å². The Bertz CT molecular complexity index is 3100. The number of carbonyl (C=O) groups excluding carboxylic acids is 3. The van der Waals surface area contributed by atoms with Crippen molar-refractivity contribution in [1.82, 2.24) is 25.3 Å². The lowest BCUT2D eigenvalue weighted by molar-refractivity contribution is -0.131. The Morgan fingerprint density at radius 1 is 0.722 bits per heavy atom. The maximum Gasteiger partial charge on any atom is 0.496 e. The van der Waals surface area contributed by atoms with E-state index in [9.17, 15) is 32.3 Å². The topological polar surface area (TPSA) is 261 Å². The van der Waals surface area contributed by atoms with Gasteiger partial charge in [0.05, 0.1) is 26.3 Å². The number of aromatic nitrogens is 3. The minimum Gasteiger partial charge on any atom is -0.477 e. The Morgan fingerprint density at radius 3 is 1.61 bits per heavy atom. The van der Waals surface area contributed by atoms with Gasteiger partial charge >= 0.3 is 13.1 Å². The van der Waals surface area contributed by atoms with Gasteiger partial charge in [0, 0.05) is 69.2 Å². The Morgan fingerprint density at radius 2 is 1.19 bits per heavy atom. The zero-order chi connectivity index (χ0) is 58.6. The molecule has 3 aromatic carbocycles. The van der Waals surface area contributed by atoms with Gasteiger partial charge in [-0.15, -0.1) is 0 Å². The number of carboxylic acids is 1. The van der Waals surface area contributed by atoms with Crippen molar-refractivity contribution in [2.75, 3.05) is 30.9 Å². The van der Waals surface area contributed by atoms with Crippen LogP contribution in [0.1, 0.15) is 81.2 Å². The maximum atomic E-state index is 13.5. The Kier molecular flexibility index (Phi) is 24.9. The van der Waals surface area contributed by atoms with E-state index in [1.807, 2.05) is 39.8 Å². The van der Waals surface area contributed by atoms with Gasteiger partial charge in [0.25, 0.3) is 5.91 Å². The fourth-order valence-electron chi connectivity index (χ4n) is 6.56. The van der Waals surface area contributed by atoms with Gasteiger partial charge in [-0.3, -0.25) is 19.8 Å². The van der Waals surface area contributed by atoms with Gasteiger partial charge in [-0.2, -0.15) is 5.10 Å². The summed E-state index contributed by atoms with van der Waals surface area (Å²) in [5, 5.41) is 26.2. The van der Waals surface area contributed by atoms with E-state index in [2.05, 4.69) is 46.6 Å². The van der Waals surface area contributed by atoms with Crippen LogP contribution in [0, 0.1) is 22.9 Å². The van der Waals surface area contributed by atoms with Crippen molar-refractivity contribution in [3.63, 3.8) is 0 Å². The number of rotatable bonds is 12. The summed E-state index contributed by atoms with van der Waals surface area (Å²) < 4.78 is 51.1. The van der Waals surface area contributed by atoms with Crippen LogP contribution in [0.25, 0.3) is 0 Å². The van der Waals surface area contributed by atoms with Crippen molar-refractivity contribution in [3.8, 4) is 0 Å². The Hall–Kier alpha value is -6.95. The third-order valence-corrected chi connectivity index (χ3v) is 13.3. The molecule has 0 atom stereocenters. The average Bonchev–Trinajstić information content (AvgIpc) is 3.65. The lowest BCUT2D eigenvalue weighted by Gasteiger charge is -2.32. The molecular formula is C54H58BBrCl3F3N10O7. The Labute approximate surface area is 479 Å². The summed E-state index contributed by atoms with van der Waals surface area (Å²) >= 11 is 19.9. The van der Waals surface area contributed by atoms with Gasteiger partial charge in [0.1, 0.15) is 46.3 Å². The molecule has 2 aliphatic rings. The number of carboxylic acid groups (broad SMARTS) is 1. The molecule has 2 aliphatic heterocycles. The number of nitrogens with one attached hydrogen (secondary N) is 3. The number of hydrogen-bond acceptors (Lipinski definition) is 13. The monoisotopic (exact) mass is 1210 g/mol. The molecule has 8 rings (SSSR count). The molecule has 8 N–H and O–H groups in total. The van der Waals surface area contributed by atoms with Crippen molar-refractivity contribution < 1.29 is 46.8 Å². The molecule has 25 heteroatoms. The summed E-state index contributed by atoms with van der Waals surface area (Å²) in [6.07, 6.45) is 6.69. The smallest absolute Gasteiger partial charge is 0.477 e. The number of nitrogens with zero attached hydrogens (tertiary/aromatic N) is 5. The van der Waals surface area contributed by atoms with Crippen LogP contribution in [-0.2, 0) is 46.7 Å². The van der Waals surface area contributed by atoms with E-state index in [4.69, 9.17) is 66.1 Å². The van der Waals surface area contributed by atoms with E-state index >= 15 is 0 Å². The first-order valence-corrected chi connectivity index (χ1v) is 26.2. The van der Waals surface area contributed by atoms with Crippen molar-refractivity contribution in [3.05, 3.63) is 170 Å². The second kappa shape index (κ2) is 30.4. The number of hydrogen-bond donors (Lipinski definition) is 6. The lowest BCUT2D eigenvalue weighted by atomic mass is 9.80. The molecule has 0 radical (unpaired) electrons. The van der Waals surface area contributed by atoms with E-state index in [1.165, 1.54) is 43.4 Å². The van der Waals surface area contributed by atoms with Crippen LogP contribution in [0.5, 0.6) is 0 Å². The molecule has 17 nitrogen and oxygen atoms in total. The van der Waals surface area contributed by atoms with Crippen LogP contribution < -0.4 is 27.6 Å². The third-order valence-electron chi connectivity index (χ3n) is 11.8. The number of nitrogen functional groups attached to an aromatic ring is 2. The highest BCUT2D eigenvalue weighted by atomic mass is 79.9. The van der Waals surface area contributed by atoms with Gasteiger partial charge in [-0.25, -0.2) is 37.9 Å². The minimum absolute atomic E-state index is 0.0188. The van der Waals surface area contributed by atoms with E-state index in [1.54, 1.807) is 73.2 Å². The van der Waals surface area contributed by atoms with Crippen molar-refractivity contribution >= 4 is 116 Å². The number of nitrogens with two attached hydrogens (primary N) is 2. The van der Waals surface area contributed by atoms with Gasteiger partial charge in [-0.1, -0.05) is 87.1 Å². The van der Waals surface area contributed by atoms with Gasteiger partial charge in [0.15, 0.2) is 0 Å². The summed E-state index contributed by atoms with van der Waals surface area (Å²) in [6, 6.07) is 24.9. The summed E-state index contributed by atoms with van der Waals surface area (Å²) in [7, 11) is 2.62. The molecule has 0 saturated carbocycles. The van der Waals surface area contributed by atoms with Crippen LogP contribution in [-0.4, -0.2) is 92.6 Å². The number of aliphatic carboxylic acids is 1. The quantitative estimate of drug-likeness (QED) is 0.0380. The second-order valence-corrected chi connectivity index (χ2v) is 20.1. The van der Waals surface area contributed by atoms with Crippen LogP contribution in [0.2, 0.25) is 15.1 Å². The molecule has 79 heavy (non-hydrogen) atoms. The van der Waals surface area contributed by atoms with Crippen molar-refractivity contribution in [1.29, 1.82) is 5.41 Å². The van der Waals surface area contributed by atoms with Gasteiger partial charge < -0.3 is 36.5 Å². The summed E-state index contributed by atoms with van der Waals surface area (Å²) in [4.78, 5) is 56.4. The zero-order valence-corrected chi connectivity index (χ0v) is 47.7. The largest absolute Gasteiger partial charge is 0.496 e. The predicted octanol–water partition coefficient (Wildman–Crippen LogP) is 10.0. The SMILES string of the molecule is CC1(C)OB(c2ccc(N)nc2)OC1(C)C.CN1N=C(C(=O)Nc2ccc(Cc3ccc(Cl)c(F)c3)cn2)CCC1=O.CNC(=O)CCC(=N)C(=O)O.Fc1cc(CBr)ccc1Cl.Nc1ccc(Cc2ccc(Cl)c(F)c2)cn1. The van der Waals surface area contributed by atoms with Gasteiger partial charge in [-0.05, 0) is 123 Å². The first kappa shape index (κ1) is 64.6. The number of benzene rings is 3. The van der Waals surface area contributed by atoms with Crippen molar-refractivity contribution in [2.24, 2.45) is 5.10 Å². The molecule has 1 saturated heterocycles. The average molecular weight is 1210 g/mol. The highest BCUT2D eigenvalue weighted by Gasteiger charge is 2.51. The number of amides is 3. The lowest BCUT2D eigenvalue weighted by Crippen LogP contribution is -2.41. The van der Waals surface area contributed by atoms with Crippen LogP contribution >= 0.6 is 50.7 Å². The zero-order valence-electron chi connectivity index (χ0n) is 43.9. The normalized spacial score (nSPS) is 13.8. The molecule has 0 spiro atoms. The summed E-state index contributed by atoms with van der Waals surface area (Å²) in [5.41, 5.74) is 15.5. The highest BCUT2D eigenvalue weighted by molar-refractivity contribution is 9.08. The number of hydrazone groups is 1. The molecule has 3 amide bonds. The van der Waals surface area contributed by atoms with Crippen LogP contribution in [0.15, 0.2) is 115 Å². The number of alkyl halides is 1. The maximum absolute atomic E-state index is 13.5. The Balaban J connectivity index is 0.000000223. The number of carbonyl (C=O) groups is 4. The van der Waals surface area contributed by atoms with Crippen molar-refractivity contribution in [2.45, 2.75) is 82.8 Å². The van der Waals surface area contributed by atoms with E-state index in [0.717, 1.165) is 33.3 Å².